The highest BCUT2D eigenvalue weighted by molar-refractivity contribution is 5.81. The molecule has 0 saturated carbocycles. The van der Waals surface area contributed by atoms with Gasteiger partial charge in [0.15, 0.2) is 0 Å². The molecular formula is C12H16N2. The lowest BCUT2D eigenvalue weighted by molar-refractivity contribution is 0.866. The van der Waals surface area contributed by atoms with Crippen molar-refractivity contribution in [2.75, 3.05) is 0 Å². The largest absolute Gasteiger partial charge is 0.398 e. The third-order valence-corrected chi connectivity index (χ3v) is 2.17. The Morgan fingerprint density at radius 1 is 1.29 bits per heavy atom. The molecule has 0 heterocycles. The molecule has 0 atom stereocenters. The third-order valence-electron chi connectivity index (χ3n) is 2.17. The van der Waals surface area contributed by atoms with Gasteiger partial charge in [-0.05, 0) is 23.1 Å². The molecule has 0 aliphatic heterocycles. The molecule has 0 saturated heterocycles. The number of nitrogens with one attached hydrogen (secondary N) is 1. The van der Waals surface area contributed by atoms with Gasteiger partial charge in [0.25, 0.3) is 0 Å². The molecule has 0 aliphatic rings. The summed E-state index contributed by atoms with van der Waals surface area (Å²) in [6.45, 7) is 4.32. The molecule has 0 amide bonds. The Labute approximate surface area is 85.0 Å². The standard InChI is InChI=1S/C12H16N2/c1-9(2)10-3-5-11(6-4-10)12(14)7-8-13/h3-9,13H,14H2,1-2H3. The first kappa shape index (κ1) is 10.5. The van der Waals surface area contributed by atoms with Gasteiger partial charge in [0.2, 0.25) is 0 Å². The van der Waals surface area contributed by atoms with E-state index in [0.29, 0.717) is 11.6 Å². The van der Waals surface area contributed by atoms with Crippen LogP contribution in [0.3, 0.4) is 0 Å². The minimum absolute atomic E-state index is 0.539. The second kappa shape index (κ2) is 4.61. The van der Waals surface area contributed by atoms with Crippen LogP contribution in [-0.4, -0.2) is 6.21 Å². The minimum atomic E-state index is 0.539. The molecule has 0 unspecified atom stereocenters. The van der Waals surface area contributed by atoms with Crippen LogP contribution in [0.1, 0.15) is 30.9 Å². The van der Waals surface area contributed by atoms with E-state index in [-0.39, 0.29) is 0 Å². The Kier molecular flexibility index (Phi) is 3.46. The number of hydrogen-bond donors (Lipinski definition) is 2. The van der Waals surface area contributed by atoms with Crippen LogP contribution in [0.5, 0.6) is 0 Å². The Balaban J connectivity index is 2.93. The third kappa shape index (κ3) is 2.46. The Morgan fingerprint density at radius 2 is 1.86 bits per heavy atom. The van der Waals surface area contributed by atoms with Crippen LogP contribution in [-0.2, 0) is 0 Å². The number of hydrogen-bond acceptors (Lipinski definition) is 2. The molecule has 0 aromatic heterocycles. The second-order valence-electron chi connectivity index (χ2n) is 3.57. The normalized spacial score (nSPS) is 11.8. The fraction of sp³-hybridized carbons (Fsp3) is 0.250. The number of nitrogens with two attached hydrogens (primary N) is 1. The summed E-state index contributed by atoms with van der Waals surface area (Å²) in [7, 11) is 0. The van der Waals surface area contributed by atoms with Crippen LogP contribution in [0.25, 0.3) is 5.70 Å². The molecule has 0 bridgehead atoms. The molecule has 0 aliphatic carbocycles. The first-order valence-electron chi connectivity index (χ1n) is 4.71. The number of allylic oxidation sites excluding steroid dienone is 1. The zero-order valence-corrected chi connectivity index (χ0v) is 8.62. The monoisotopic (exact) mass is 188 g/mol. The maximum absolute atomic E-state index is 6.91. The van der Waals surface area contributed by atoms with Crippen molar-refractivity contribution < 1.29 is 0 Å². The highest BCUT2D eigenvalue weighted by Crippen LogP contribution is 2.16. The fourth-order valence-electron chi connectivity index (χ4n) is 1.25. The fourth-order valence-corrected chi connectivity index (χ4v) is 1.25. The summed E-state index contributed by atoms with van der Waals surface area (Å²) in [6, 6.07) is 8.13. The molecule has 2 heteroatoms. The molecule has 1 rings (SSSR count). The maximum Gasteiger partial charge on any atom is 0.0402 e. The minimum Gasteiger partial charge on any atom is -0.398 e. The van der Waals surface area contributed by atoms with E-state index in [1.807, 2.05) is 12.1 Å². The predicted molar refractivity (Wildman–Crippen MR) is 61.5 cm³/mol. The smallest absolute Gasteiger partial charge is 0.0402 e. The molecular weight excluding hydrogens is 172 g/mol. The second-order valence-corrected chi connectivity index (χ2v) is 3.57. The van der Waals surface area contributed by atoms with Crippen molar-refractivity contribution in [3.8, 4) is 0 Å². The van der Waals surface area contributed by atoms with E-state index in [2.05, 4.69) is 26.0 Å². The summed E-state index contributed by atoms with van der Waals surface area (Å²) < 4.78 is 0. The Morgan fingerprint density at radius 3 is 2.29 bits per heavy atom. The van der Waals surface area contributed by atoms with E-state index >= 15 is 0 Å². The summed E-state index contributed by atoms with van der Waals surface area (Å²) >= 11 is 0. The molecule has 1 aromatic carbocycles. The summed E-state index contributed by atoms with van der Waals surface area (Å²) in [6.07, 6.45) is 2.79. The highest BCUT2D eigenvalue weighted by Gasteiger charge is 1.99. The first-order valence-corrected chi connectivity index (χ1v) is 4.71. The van der Waals surface area contributed by atoms with Crippen molar-refractivity contribution in [3.05, 3.63) is 41.5 Å². The quantitative estimate of drug-likeness (QED) is 0.704. The van der Waals surface area contributed by atoms with Crippen molar-refractivity contribution in [1.82, 2.24) is 0 Å². The molecule has 2 nitrogen and oxygen atoms in total. The van der Waals surface area contributed by atoms with Gasteiger partial charge >= 0.3 is 0 Å². The maximum atomic E-state index is 6.91. The highest BCUT2D eigenvalue weighted by atomic mass is 14.6. The van der Waals surface area contributed by atoms with Crippen molar-refractivity contribution in [1.29, 1.82) is 5.41 Å². The molecule has 0 radical (unpaired) electrons. The van der Waals surface area contributed by atoms with Crippen molar-refractivity contribution in [3.63, 3.8) is 0 Å². The molecule has 0 fully saturated rings. The average Bonchev–Trinajstić information content (AvgIpc) is 2.18. The van der Waals surface area contributed by atoms with E-state index in [1.54, 1.807) is 6.08 Å². The van der Waals surface area contributed by atoms with Gasteiger partial charge in [-0.2, -0.15) is 0 Å². The SMILES string of the molecule is CC(C)c1ccc(C(N)=CC=N)cc1. The van der Waals surface area contributed by atoms with E-state index in [9.17, 15) is 0 Å². The Bertz CT molecular complexity index is 334. The Hall–Kier alpha value is -1.57. The van der Waals surface area contributed by atoms with Crippen LogP contribution >= 0.6 is 0 Å². The van der Waals surface area contributed by atoms with Gasteiger partial charge in [0.1, 0.15) is 0 Å². The first-order chi connectivity index (χ1) is 6.65. The number of benzene rings is 1. The lowest BCUT2D eigenvalue weighted by atomic mass is 10.0. The van der Waals surface area contributed by atoms with Crippen LogP contribution in [0.15, 0.2) is 30.3 Å². The van der Waals surface area contributed by atoms with Crippen molar-refractivity contribution in [2.24, 2.45) is 5.73 Å². The molecule has 74 valence electrons. The molecule has 3 N–H and O–H groups in total. The van der Waals surface area contributed by atoms with Gasteiger partial charge in [-0.25, -0.2) is 0 Å². The lowest BCUT2D eigenvalue weighted by Crippen LogP contribution is -1.97. The van der Waals surface area contributed by atoms with Gasteiger partial charge in [-0.3, -0.25) is 0 Å². The zero-order chi connectivity index (χ0) is 10.6. The summed E-state index contributed by atoms with van der Waals surface area (Å²) in [5, 5.41) is 6.91. The summed E-state index contributed by atoms with van der Waals surface area (Å²) in [5.41, 5.74) is 8.65. The number of rotatable bonds is 3. The topological polar surface area (TPSA) is 49.9 Å². The molecule has 1 aromatic rings. The van der Waals surface area contributed by atoms with E-state index in [0.717, 1.165) is 5.56 Å². The van der Waals surface area contributed by atoms with Gasteiger partial charge in [0.05, 0.1) is 0 Å². The van der Waals surface area contributed by atoms with Crippen LogP contribution in [0, 0.1) is 5.41 Å². The van der Waals surface area contributed by atoms with Gasteiger partial charge in [-0.15, -0.1) is 0 Å². The van der Waals surface area contributed by atoms with Gasteiger partial charge in [0, 0.05) is 11.9 Å². The van der Waals surface area contributed by atoms with Crippen molar-refractivity contribution >= 4 is 11.9 Å². The summed E-state index contributed by atoms with van der Waals surface area (Å²) in [4.78, 5) is 0. The lowest BCUT2D eigenvalue weighted by Gasteiger charge is -2.06. The van der Waals surface area contributed by atoms with Gasteiger partial charge < -0.3 is 11.1 Å². The van der Waals surface area contributed by atoms with E-state index < -0.39 is 0 Å². The summed E-state index contributed by atoms with van der Waals surface area (Å²) in [5.74, 6) is 0.539. The average molecular weight is 188 g/mol. The van der Waals surface area contributed by atoms with Gasteiger partial charge in [-0.1, -0.05) is 38.1 Å². The van der Waals surface area contributed by atoms with E-state index in [4.69, 9.17) is 11.1 Å². The molecule has 0 spiro atoms. The predicted octanol–water partition coefficient (Wildman–Crippen LogP) is 2.76. The van der Waals surface area contributed by atoms with Crippen LogP contribution in [0.4, 0.5) is 0 Å². The van der Waals surface area contributed by atoms with Crippen LogP contribution < -0.4 is 5.73 Å². The zero-order valence-electron chi connectivity index (χ0n) is 8.62. The van der Waals surface area contributed by atoms with Crippen LogP contribution in [0.2, 0.25) is 0 Å². The molecule has 14 heavy (non-hydrogen) atoms. The van der Waals surface area contributed by atoms with Crippen molar-refractivity contribution in [2.45, 2.75) is 19.8 Å². The van der Waals surface area contributed by atoms with E-state index in [1.165, 1.54) is 11.8 Å².